The number of nitrogens with zero attached hydrogens (tertiary/aromatic N) is 2. The number of rotatable bonds is 5. The largest absolute Gasteiger partial charge is 0.479 e. The Labute approximate surface area is 118 Å². The first-order chi connectivity index (χ1) is 9.19. The first-order valence-electron chi connectivity index (χ1n) is 6.45. The van der Waals surface area contributed by atoms with Crippen LogP contribution in [0.5, 0.6) is 0 Å². The molecule has 0 aliphatic heterocycles. The Hall–Kier alpha value is -2.05. The van der Waals surface area contributed by atoms with Gasteiger partial charge in [0.15, 0.2) is 6.04 Å². The molecule has 0 aromatic carbocycles. The first-order valence-corrected chi connectivity index (χ1v) is 6.45. The van der Waals surface area contributed by atoms with Crippen LogP contribution in [-0.4, -0.2) is 33.4 Å². The minimum absolute atomic E-state index is 0.114. The highest BCUT2D eigenvalue weighted by atomic mass is 16.4. The molecule has 0 saturated heterocycles. The lowest BCUT2D eigenvalue weighted by Gasteiger charge is -2.19. The van der Waals surface area contributed by atoms with Gasteiger partial charge in [0.2, 0.25) is 0 Å². The minimum Gasteiger partial charge on any atom is -0.479 e. The Balaban J connectivity index is 2.54. The number of carboxylic acids is 1. The molecule has 20 heavy (non-hydrogen) atoms. The second-order valence-electron chi connectivity index (χ2n) is 5.93. The molecular weight excluding hydrogens is 260 g/mol. The van der Waals surface area contributed by atoms with Crippen LogP contribution in [0.25, 0.3) is 0 Å². The topological polar surface area (TPSA) is 96.2 Å². The average molecular weight is 282 g/mol. The van der Waals surface area contributed by atoms with Crippen LogP contribution in [0.3, 0.4) is 0 Å². The molecule has 1 aromatic rings. The van der Waals surface area contributed by atoms with E-state index in [1.165, 1.54) is 10.9 Å². The first kappa shape index (κ1) is 16.0. The van der Waals surface area contributed by atoms with Crippen molar-refractivity contribution in [2.75, 3.05) is 6.54 Å². The summed E-state index contributed by atoms with van der Waals surface area (Å²) in [4.78, 5) is 22.9. The Kier molecular flexibility index (Phi) is 5.12. The van der Waals surface area contributed by atoms with E-state index >= 15 is 0 Å². The highest BCUT2D eigenvalue weighted by molar-refractivity contribution is 5.83. The van der Waals surface area contributed by atoms with Crippen LogP contribution in [0.4, 0.5) is 4.79 Å². The Morgan fingerprint density at radius 2 is 2.10 bits per heavy atom. The third-order valence-corrected chi connectivity index (χ3v) is 2.74. The number of carboxylic acid groups (broad SMARTS) is 1. The predicted molar refractivity (Wildman–Crippen MR) is 74.2 cm³/mol. The van der Waals surface area contributed by atoms with Crippen molar-refractivity contribution in [1.82, 2.24) is 20.4 Å². The second kappa shape index (κ2) is 6.40. The smallest absolute Gasteiger partial charge is 0.331 e. The summed E-state index contributed by atoms with van der Waals surface area (Å²) in [5.41, 5.74) is 0.550. The van der Waals surface area contributed by atoms with E-state index in [1.54, 1.807) is 13.2 Å². The fraction of sp³-hybridized carbons (Fsp3) is 0.615. The van der Waals surface area contributed by atoms with E-state index in [0.29, 0.717) is 12.1 Å². The number of aryl methyl sites for hydroxylation is 1. The Morgan fingerprint density at radius 3 is 2.55 bits per heavy atom. The number of carbonyl (C=O) groups is 2. The van der Waals surface area contributed by atoms with E-state index < -0.39 is 18.0 Å². The number of hydrogen-bond donors (Lipinski definition) is 3. The number of urea groups is 1. The molecule has 112 valence electrons. The van der Waals surface area contributed by atoms with Crippen molar-refractivity contribution < 1.29 is 14.7 Å². The van der Waals surface area contributed by atoms with Crippen molar-refractivity contribution in [3.05, 3.63) is 18.0 Å². The SMILES string of the molecule is Cn1cc(C(NC(=O)NCCC(C)(C)C)C(=O)O)cn1. The van der Waals surface area contributed by atoms with Crippen molar-refractivity contribution in [2.24, 2.45) is 12.5 Å². The van der Waals surface area contributed by atoms with Gasteiger partial charge in [-0.2, -0.15) is 5.10 Å². The number of hydrogen-bond acceptors (Lipinski definition) is 3. The lowest BCUT2D eigenvalue weighted by molar-refractivity contribution is -0.139. The fourth-order valence-electron chi connectivity index (χ4n) is 1.61. The number of nitrogens with one attached hydrogen (secondary N) is 2. The molecule has 1 unspecified atom stereocenters. The van der Waals surface area contributed by atoms with E-state index in [1.807, 2.05) is 0 Å². The summed E-state index contributed by atoms with van der Waals surface area (Å²) in [5, 5.41) is 18.2. The maximum atomic E-state index is 11.7. The predicted octanol–water partition coefficient (Wildman–Crippen LogP) is 1.28. The van der Waals surface area contributed by atoms with Crippen LogP contribution in [-0.2, 0) is 11.8 Å². The third kappa shape index (κ3) is 5.29. The number of amides is 2. The molecule has 0 saturated carbocycles. The van der Waals surface area contributed by atoms with Gasteiger partial charge in [0.1, 0.15) is 0 Å². The molecule has 0 spiro atoms. The Bertz CT molecular complexity index is 476. The van der Waals surface area contributed by atoms with E-state index in [4.69, 9.17) is 5.11 Å². The number of carbonyl (C=O) groups excluding carboxylic acids is 1. The van der Waals surface area contributed by atoms with Gasteiger partial charge in [-0.15, -0.1) is 0 Å². The lowest BCUT2D eigenvalue weighted by atomic mass is 9.92. The molecule has 1 heterocycles. The summed E-state index contributed by atoms with van der Waals surface area (Å²) in [7, 11) is 1.69. The second-order valence-corrected chi connectivity index (χ2v) is 5.93. The lowest BCUT2D eigenvalue weighted by Crippen LogP contribution is -2.41. The Morgan fingerprint density at radius 1 is 1.45 bits per heavy atom. The molecule has 0 aliphatic rings. The molecule has 1 atom stereocenters. The summed E-state index contributed by atoms with van der Waals surface area (Å²) in [6, 6.07) is -1.59. The zero-order chi connectivity index (χ0) is 15.3. The third-order valence-electron chi connectivity index (χ3n) is 2.74. The van der Waals surface area contributed by atoms with Crippen molar-refractivity contribution in [1.29, 1.82) is 0 Å². The molecule has 0 radical (unpaired) electrons. The van der Waals surface area contributed by atoms with Crippen LogP contribution in [0.2, 0.25) is 0 Å². The van der Waals surface area contributed by atoms with E-state index in [0.717, 1.165) is 6.42 Å². The molecular formula is C13H22N4O3. The molecule has 7 nitrogen and oxygen atoms in total. The fourth-order valence-corrected chi connectivity index (χ4v) is 1.61. The summed E-state index contributed by atoms with van der Waals surface area (Å²) in [6.07, 6.45) is 3.80. The molecule has 0 bridgehead atoms. The van der Waals surface area contributed by atoms with Crippen LogP contribution < -0.4 is 10.6 Å². The van der Waals surface area contributed by atoms with Gasteiger partial charge in [-0.3, -0.25) is 4.68 Å². The summed E-state index contributed by atoms with van der Waals surface area (Å²) in [5.74, 6) is -1.12. The van der Waals surface area contributed by atoms with Gasteiger partial charge < -0.3 is 15.7 Å². The standard InChI is InChI=1S/C13H22N4O3/c1-13(2,3)5-6-14-12(20)16-10(11(18)19)9-7-15-17(4)8-9/h7-8,10H,5-6H2,1-4H3,(H,18,19)(H2,14,16,20). The molecule has 3 N–H and O–H groups in total. The zero-order valence-electron chi connectivity index (χ0n) is 12.3. The molecule has 2 amide bonds. The van der Waals surface area contributed by atoms with E-state index in [9.17, 15) is 9.59 Å². The molecule has 1 aromatic heterocycles. The molecule has 0 aliphatic carbocycles. The molecule has 7 heteroatoms. The molecule has 1 rings (SSSR count). The van der Waals surface area contributed by atoms with E-state index in [-0.39, 0.29) is 5.41 Å². The van der Waals surface area contributed by atoms with Gasteiger partial charge in [0, 0.05) is 25.4 Å². The minimum atomic E-state index is -1.12. The molecule has 0 fully saturated rings. The van der Waals surface area contributed by atoms with Crippen LogP contribution >= 0.6 is 0 Å². The van der Waals surface area contributed by atoms with Gasteiger partial charge in [0.25, 0.3) is 0 Å². The van der Waals surface area contributed by atoms with Crippen LogP contribution in [0.1, 0.15) is 38.8 Å². The number of aliphatic carboxylic acids is 1. The van der Waals surface area contributed by atoms with Gasteiger partial charge >= 0.3 is 12.0 Å². The van der Waals surface area contributed by atoms with Crippen molar-refractivity contribution in [3.63, 3.8) is 0 Å². The normalized spacial score (nSPS) is 12.8. The summed E-state index contributed by atoms with van der Waals surface area (Å²) in [6.45, 7) is 6.71. The average Bonchev–Trinajstić information content (AvgIpc) is 2.70. The maximum absolute atomic E-state index is 11.7. The van der Waals surface area contributed by atoms with Crippen LogP contribution in [0.15, 0.2) is 12.4 Å². The van der Waals surface area contributed by atoms with Gasteiger partial charge in [-0.05, 0) is 11.8 Å². The summed E-state index contributed by atoms with van der Waals surface area (Å²) >= 11 is 0. The monoisotopic (exact) mass is 282 g/mol. The summed E-state index contributed by atoms with van der Waals surface area (Å²) < 4.78 is 1.49. The quantitative estimate of drug-likeness (QED) is 0.758. The number of aromatic nitrogens is 2. The van der Waals surface area contributed by atoms with Crippen molar-refractivity contribution in [2.45, 2.75) is 33.2 Å². The highest BCUT2D eigenvalue weighted by Crippen LogP contribution is 2.17. The van der Waals surface area contributed by atoms with Gasteiger partial charge in [-0.25, -0.2) is 9.59 Å². The van der Waals surface area contributed by atoms with Gasteiger partial charge in [-0.1, -0.05) is 20.8 Å². The zero-order valence-corrected chi connectivity index (χ0v) is 12.3. The van der Waals surface area contributed by atoms with Crippen molar-refractivity contribution in [3.8, 4) is 0 Å². The van der Waals surface area contributed by atoms with Crippen LogP contribution in [0, 0.1) is 5.41 Å². The van der Waals surface area contributed by atoms with E-state index in [2.05, 4.69) is 36.5 Å². The maximum Gasteiger partial charge on any atom is 0.331 e. The highest BCUT2D eigenvalue weighted by Gasteiger charge is 2.23. The van der Waals surface area contributed by atoms with Gasteiger partial charge in [0.05, 0.1) is 6.20 Å². The van der Waals surface area contributed by atoms with Crippen molar-refractivity contribution >= 4 is 12.0 Å².